The van der Waals surface area contributed by atoms with Crippen LogP contribution in [0.25, 0.3) is 0 Å². The standard InChI is InChI=1S/C23H27N3O4S/c1-16-6-3-4-12-23(16)21(28)26(22(29)24-23)15-20(27)25(14-19-7-5-13-31-19)17-8-10-18(30-2)11-9-17/h5,7-11,13,16H,3-4,6,12,14-15H2,1-2H3,(H,24,29)/t16-,23+/m0/s1. The zero-order valence-electron chi connectivity index (χ0n) is 17.8. The van der Waals surface area contributed by atoms with Crippen LogP contribution in [0.5, 0.6) is 5.75 Å². The number of imide groups is 1. The largest absolute Gasteiger partial charge is 0.497 e. The second kappa shape index (κ2) is 8.70. The summed E-state index contributed by atoms with van der Waals surface area (Å²) in [5.41, 5.74) is -0.180. The van der Waals surface area contributed by atoms with Gasteiger partial charge in [0.15, 0.2) is 0 Å². The van der Waals surface area contributed by atoms with E-state index >= 15 is 0 Å². The van der Waals surface area contributed by atoms with Gasteiger partial charge in [0.1, 0.15) is 17.8 Å². The number of carbonyl (C=O) groups excluding carboxylic acids is 3. The van der Waals surface area contributed by atoms with E-state index in [1.807, 2.05) is 24.4 Å². The van der Waals surface area contributed by atoms with Gasteiger partial charge in [-0.25, -0.2) is 4.79 Å². The summed E-state index contributed by atoms with van der Waals surface area (Å²) < 4.78 is 5.22. The van der Waals surface area contributed by atoms with Crippen molar-refractivity contribution in [3.63, 3.8) is 0 Å². The highest BCUT2D eigenvalue weighted by molar-refractivity contribution is 7.09. The van der Waals surface area contributed by atoms with Gasteiger partial charge in [0.2, 0.25) is 5.91 Å². The summed E-state index contributed by atoms with van der Waals surface area (Å²) in [7, 11) is 1.59. The van der Waals surface area contributed by atoms with Crippen molar-refractivity contribution in [3.8, 4) is 5.75 Å². The lowest BCUT2D eigenvalue weighted by Crippen LogP contribution is -2.54. The lowest BCUT2D eigenvalue weighted by Gasteiger charge is -2.36. The topological polar surface area (TPSA) is 79.0 Å². The van der Waals surface area contributed by atoms with E-state index < -0.39 is 11.6 Å². The fourth-order valence-corrected chi connectivity index (χ4v) is 5.20. The highest BCUT2D eigenvalue weighted by Gasteiger charge is 2.55. The van der Waals surface area contributed by atoms with Gasteiger partial charge in [-0.2, -0.15) is 0 Å². The van der Waals surface area contributed by atoms with Crippen LogP contribution < -0.4 is 15.0 Å². The summed E-state index contributed by atoms with van der Waals surface area (Å²) in [5, 5.41) is 4.87. The van der Waals surface area contributed by atoms with Crippen LogP contribution in [0.2, 0.25) is 0 Å². The molecule has 1 aliphatic carbocycles. The Hall–Kier alpha value is -2.87. The van der Waals surface area contributed by atoms with Crippen molar-refractivity contribution in [1.29, 1.82) is 0 Å². The average molecular weight is 442 g/mol. The van der Waals surface area contributed by atoms with Crippen LogP contribution in [0, 0.1) is 5.92 Å². The molecule has 1 aromatic heterocycles. The molecule has 164 valence electrons. The Bertz CT molecular complexity index is 960. The van der Waals surface area contributed by atoms with Crippen molar-refractivity contribution in [3.05, 3.63) is 46.7 Å². The highest BCUT2D eigenvalue weighted by atomic mass is 32.1. The van der Waals surface area contributed by atoms with Crippen LogP contribution in [0.3, 0.4) is 0 Å². The molecule has 1 saturated heterocycles. The van der Waals surface area contributed by atoms with Crippen molar-refractivity contribution in [2.75, 3.05) is 18.6 Å². The molecule has 0 radical (unpaired) electrons. The molecule has 4 rings (SSSR count). The number of methoxy groups -OCH3 is 1. The van der Waals surface area contributed by atoms with Crippen molar-refractivity contribution in [2.24, 2.45) is 5.92 Å². The van der Waals surface area contributed by atoms with Crippen molar-refractivity contribution < 1.29 is 19.1 Å². The Morgan fingerprint density at radius 2 is 2.03 bits per heavy atom. The smallest absolute Gasteiger partial charge is 0.325 e. The average Bonchev–Trinajstić information content (AvgIpc) is 3.37. The van der Waals surface area contributed by atoms with Gasteiger partial charge >= 0.3 is 6.03 Å². The molecule has 2 aliphatic rings. The van der Waals surface area contributed by atoms with Gasteiger partial charge in [0.25, 0.3) is 5.91 Å². The minimum atomic E-state index is -0.867. The van der Waals surface area contributed by atoms with Gasteiger partial charge in [-0.15, -0.1) is 11.3 Å². The molecule has 0 unspecified atom stereocenters. The molecule has 2 heterocycles. The lowest BCUT2D eigenvalue weighted by molar-refractivity contribution is -0.136. The van der Waals surface area contributed by atoms with Crippen LogP contribution in [0.1, 0.15) is 37.5 Å². The Morgan fingerprint density at radius 1 is 1.26 bits per heavy atom. The number of nitrogens with zero attached hydrogens (tertiary/aromatic N) is 2. The first kappa shape index (κ1) is 21.4. The molecule has 2 atom stereocenters. The first-order valence-corrected chi connectivity index (χ1v) is 11.4. The fourth-order valence-electron chi connectivity index (χ4n) is 4.50. The quantitative estimate of drug-likeness (QED) is 0.692. The fraction of sp³-hybridized carbons (Fsp3) is 0.435. The molecule has 8 heteroatoms. The molecule has 2 aromatic rings. The summed E-state index contributed by atoms with van der Waals surface area (Å²) in [6.07, 6.45) is 3.47. The zero-order chi connectivity index (χ0) is 22.0. The molecule has 1 aliphatic heterocycles. The molecule has 1 saturated carbocycles. The van der Waals surface area contributed by atoms with E-state index in [0.29, 0.717) is 24.4 Å². The summed E-state index contributed by atoms with van der Waals surface area (Å²) in [4.78, 5) is 43.0. The summed E-state index contributed by atoms with van der Waals surface area (Å²) in [5.74, 6) is 0.169. The van der Waals surface area contributed by atoms with Gasteiger partial charge in [-0.1, -0.05) is 25.8 Å². The predicted molar refractivity (Wildman–Crippen MR) is 119 cm³/mol. The number of carbonyl (C=O) groups is 3. The van der Waals surface area contributed by atoms with E-state index in [4.69, 9.17) is 4.74 Å². The van der Waals surface area contributed by atoms with E-state index in [1.165, 1.54) is 0 Å². The first-order chi connectivity index (χ1) is 14.9. The summed E-state index contributed by atoms with van der Waals surface area (Å²) in [6.45, 7) is 2.09. The van der Waals surface area contributed by atoms with Crippen molar-refractivity contribution in [1.82, 2.24) is 10.2 Å². The van der Waals surface area contributed by atoms with Gasteiger partial charge < -0.3 is 15.0 Å². The van der Waals surface area contributed by atoms with E-state index in [1.54, 1.807) is 47.6 Å². The number of ether oxygens (including phenoxy) is 1. The van der Waals surface area contributed by atoms with Crippen LogP contribution in [0.15, 0.2) is 41.8 Å². The Labute approximate surface area is 186 Å². The number of hydrogen-bond donors (Lipinski definition) is 1. The number of hydrogen-bond acceptors (Lipinski definition) is 5. The van der Waals surface area contributed by atoms with Gasteiger partial charge in [0, 0.05) is 10.6 Å². The summed E-state index contributed by atoms with van der Waals surface area (Å²) >= 11 is 1.55. The Kier molecular flexibility index (Phi) is 6.00. The molecular formula is C23H27N3O4S. The maximum atomic E-state index is 13.3. The number of rotatable bonds is 6. The first-order valence-electron chi connectivity index (χ1n) is 10.6. The Morgan fingerprint density at radius 3 is 2.68 bits per heavy atom. The molecular weight excluding hydrogens is 414 g/mol. The number of thiophene rings is 1. The zero-order valence-corrected chi connectivity index (χ0v) is 18.6. The SMILES string of the molecule is COc1ccc(N(Cc2cccs2)C(=O)CN2C(=O)N[C@@]3(CCCC[C@@H]3C)C2=O)cc1. The maximum absolute atomic E-state index is 13.3. The second-order valence-electron chi connectivity index (χ2n) is 8.20. The van der Waals surface area contributed by atoms with Crippen LogP contribution >= 0.6 is 11.3 Å². The Balaban J connectivity index is 1.56. The number of benzene rings is 1. The second-order valence-corrected chi connectivity index (χ2v) is 9.23. The normalized spacial score (nSPS) is 23.2. The van der Waals surface area contributed by atoms with Crippen LogP contribution in [-0.2, 0) is 16.1 Å². The maximum Gasteiger partial charge on any atom is 0.325 e. The number of anilines is 1. The molecule has 31 heavy (non-hydrogen) atoms. The van der Waals surface area contributed by atoms with Crippen molar-refractivity contribution >= 4 is 34.9 Å². The molecule has 0 bridgehead atoms. The van der Waals surface area contributed by atoms with Crippen LogP contribution in [-0.4, -0.2) is 41.9 Å². The molecule has 7 nitrogen and oxygen atoms in total. The third kappa shape index (κ3) is 4.04. The lowest BCUT2D eigenvalue weighted by atomic mass is 9.73. The predicted octanol–water partition coefficient (Wildman–Crippen LogP) is 3.79. The van der Waals surface area contributed by atoms with Crippen molar-refractivity contribution in [2.45, 2.75) is 44.7 Å². The minimum absolute atomic E-state index is 0.0570. The highest BCUT2D eigenvalue weighted by Crippen LogP contribution is 2.38. The third-order valence-electron chi connectivity index (χ3n) is 6.37. The van der Waals surface area contributed by atoms with E-state index in [2.05, 4.69) is 5.32 Å². The van der Waals surface area contributed by atoms with E-state index in [0.717, 1.165) is 29.0 Å². The van der Waals surface area contributed by atoms with Crippen LogP contribution in [0.4, 0.5) is 10.5 Å². The molecule has 1 spiro atoms. The molecule has 4 amide bonds. The van der Waals surface area contributed by atoms with E-state index in [-0.39, 0.29) is 24.3 Å². The monoisotopic (exact) mass is 441 g/mol. The summed E-state index contributed by atoms with van der Waals surface area (Å²) in [6, 6.07) is 10.6. The third-order valence-corrected chi connectivity index (χ3v) is 7.24. The minimum Gasteiger partial charge on any atom is -0.497 e. The van der Waals surface area contributed by atoms with Gasteiger partial charge in [-0.05, 0) is 54.5 Å². The number of nitrogens with one attached hydrogen (secondary N) is 1. The molecule has 2 fully saturated rings. The van der Waals surface area contributed by atoms with Gasteiger partial charge in [-0.3, -0.25) is 14.5 Å². The number of amides is 4. The number of urea groups is 1. The van der Waals surface area contributed by atoms with Gasteiger partial charge in [0.05, 0.1) is 13.7 Å². The molecule has 1 N–H and O–H groups in total. The molecule has 1 aromatic carbocycles. The van der Waals surface area contributed by atoms with E-state index in [9.17, 15) is 14.4 Å².